The van der Waals surface area contributed by atoms with Crippen LogP contribution in [0.3, 0.4) is 0 Å². The molecule has 14 heteroatoms. The van der Waals surface area contributed by atoms with Crippen molar-refractivity contribution < 1.29 is 45.5 Å². The van der Waals surface area contributed by atoms with E-state index in [1.165, 1.54) is 4.90 Å². The van der Waals surface area contributed by atoms with Gasteiger partial charge in [0, 0.05) is 56.5 Å². The van der Waals surface area contributed by atoms with Crippen LogP contribution in [0, 0.1) is 0 Å². The number of halogens is 6. The van der Waals surface area contributed by atoms with E-state index in [4.69, 9.17) is 4.74 Å². The van der Waals surface area contributed by atoms with Gasteiger partial charge >= 0.3 is 12.4 Å². The second-order valence-electron chi connectivity index (χ2n) is 9.77. The number of pyridine rings is 1. The smallest absolute Gasteiger partial charge is 0.425 e. The van der Waals surface area contributed by atoms with E-state index in [9.17, 15) is 40.7 Å². The summed E-state index contributed by atoms with van der Waals surface area (Å²) in [4.78, 5) is 44.9. The van der Waals surface area contributed by atoms with Gasteiger partial charge in [0.25, 0.3) is 11.8 Å². The second-order valence-corrected chi connectivity index (χ2v) is 10.7. The van der Waals surface area contributed by atoms with Gasteiger partial charge in [-0.3, -0.25) is 19.4 Å². The second kappa shape index (κ2) is 11.4. The van der Waals surface area contributed by atoms with Crippen LogP contribution in [0.4, 0.5) is 26.3 Å². The van der Waals surface area contributed by atoms with Crippen LogP contribution in [0.15, 0.2) is 29.8 Å². The average Bonchev–Trinajstić information content (AvgIpc) is 3.38. The highest BCUT2D eigenvalue weighted by atomic mass is 32.1. The zero-order chi connectivity index (χ0) is 29.3. The van der Waals surface area contributed by atoms with Crippen molar-refractivity contribution in [3.05, 3.63) is 45.9 Å². The number of carbonyl (C=O) groups is 3. The van der Waals surface area contributed by atoms with Crippen molar-refractivity contribution in [1.29, 1.82) is 0 Å². The maximum atomic E-state index is 14.1. The molecule has 4 rings (SSSR count). The highest BCUT2D eigenvalue weighted by molar-refractivity contribution is 7.10. The number of Topliss-reactive ketones (excluding diaryl/α,β-unsaturated/α-hetero) is 1. The number of hydrogen-bond donors (Lipinski definition) is 0. The normalized spacial score (nSPS) is 22.4. The Labute approximate surface area is 230 Å². The number of hydrogen-bond acceptors (Lipinski definition) is 6. The summed E-state index contributed by atoms with van der Waals surface area (Å²) < 4.78 is 87.4. The van der Waals surface area contributed by atoms with Crippen LogP contribution in [0.2, 0.25) is 0 Å². The van der Waals surface area contributed by atoms with Gasteiger partial charge in [0.2, 0.25) is 5.60 Å². The molecule has 40 heavy (non-hydrogen) atoms. The van der Waals surface area contributed by atoms with Gasteiger partial charge in [-0.1, -0.05) is 13.3 Å². The molecule has 2 saturated heterocycles. The molecule has 2 aromatic heterocycles. The Bertz CT molecular complexity index is 1250. The first kappa shape index (κ1) is 29.8. The molecule has 2 aromatic rings. The fourth-order valence-corrected chi connectivity index (χ4v) is 5.98. The summed E-state index contributed by atoms with van der Waals surface area (Å²) >= 11 is 0.379. The van der Waals surface area contributed by atoms with Gasteiger partial charge in [0.05, 0.1) is 11.6 Å². The lowest BCUT2D eigenvalue weighted by molar-refractivity contribution is -0.160. The number of nitrogens with zero attached hydrogens (tertiary/aromatic N) is 3. The molecule has 0 N–H and O–H groups in total. The average molecular weight is 592 g/mol. The topological polar surface area (TPSA) is 79.8 Å². The number of rotatable bonds is 6. The summed E-state index contributed by atoms with van der Waals surface area (Å²) in [5.41, 5.74) is -3.96. The van der Waals surface area contributed by atoms with Crippen LogP contribution in [0.1, 0.15) is 66.4 Å². The molecule has 7 nitrogen and oxygen atoms in total. The molecule has 0 aromatic carbocycles. The van der Waals surface area contributed by atoms with Crippen LogP contribution in [-0.2, 0) is 21.9 Å². The molecule has 0 aliphatic carbocycles. The Morgan fingerprint density at radius 1 is 1.12 bits per heavy atom. The lowest BCUT2D eigenvalue weighted by Crippen LogP contribution is -2.68. The van der Waals surface area contributed by atoms with Gasteiger partial charge in [-0.2, -0.15) is 26.3 Å². The standard InChI is InChI=1S/C26H27F6N3O4S/c1-2-5-19-24(23(38)34-12-7-16(36)8-13-34,39-17-14-20(40-15-17)26(30,31)32)9-4-11-35(19)22(37)21-18(25(27,28)29)6-3-10-33-21/h3,6,10,14-15,19H,2,4-5,7-9,11-13H2,1H3/t19-,24+/m1/s1. The highest BCUT2D eigenvalue weighted by Crippen LogP contribution is 2.42. The van der Waals surface area contributed by atoms with Crippen molar-refractivity contribution in [3.63, 3.8) is 0 Å². The number of carbonyl (C=O) groups excluding carboxylic acids is 3. The van der Waals surface area contributed by atoms with Crippen molar-refractivity contribution in [2.24, 2.45) is 0 Å². The van der Waals surface area contributed by atoms with Crippen molar-refractivity contribution in [2.45, 2.75) is 69.4 Å². The molecule has 0 radical (unpaired) electrons. The first-order valence-electron chi connectivity index (χ1n) is 12.8. The van der Waals surface area contributed by atoms with E-state index >= 15 is 0 Å². The van der Waals surface area contributed by atoms with Crippen LogP contribution < -0.4 is 4.74 Å². The third-order valence-electron chi connectivity index (χ3n) is 7.13. The molecule has 2 aliphatic heterocycles. The molecule has 2 fully saturated rings. The predicted molar refractivity (Wildman–Crippen MR) is 132 cm³/mol. The van der Waals surface area contributed by atoms with E-state index in [-0.39, 0.29) is 63.3 Å². The molecule has 2 aliphatic rings. The summed E-state index contributed by atoms with van der Waals surface area (Å²) in [6, 6.07) is 1.45. The molecule has 0 unspecified atom stereocenters. The van der Waals surface area contributed by atoms with E-state index in [1.807, 2.05) is 0 Å². The van der Waals surface area contributed by atoms with Gasteiger partial charge in [-0.15, -0.1) is 11.3 Å². The lowest BCUT2D eigenvalue weighted by Gasteiger charge is -2.50. The van der Waals surface area contributed by atoms with Crippen LogP contribution in [0.5, 0.6) is 5.75 Å². The van der Waals surface area contributed by atoms with Gasteiger partial charge < -0.3 is 14.5 Å². The third kappa shape index (κ3) is 5.96. The van der Waals surface area contributed by atoms with E-state index < -0.39 is 51.9 Å². The van der Waals surface area contributed by atoms with Gasteiger partial charge in [-0.05, 0) is 25.0 Å². The van der Waals surface area contributed by atoms with Crippen molar-refractivity contribution in [2.75, 3.05) is 19.6 Å². The lowest BCUT2D eigenvalue weighted by atomic mass is 9.79. The maximum absolute atomic E-state index is 14.1. The number of amides is 2. The van der Waals surface area contributed by atoms with Gasteiger partial charge in [-0.25, -0.2) is 0 Å². The van der Waals surface area contributed by atoms with Crippen molar-refractivity contribution >= 4 is 28.9 Å². The molecule has 0 spiro atoms. The number of likely N-dealkylation sites (tertiary alicyclic amines) is 2. The number of alkyl halides is 6. The monoisotopic (exact) mass is 591 g/mol. The van der Waals surface area contributed by atoms with E-state index in [0.717, 1.165) is 34.7 Å². The van der Waals surface area contributed by atoms with Gasteiger partial charge in [0.1, 0.15) is 22.1 Å². The molecule has 2 atom stereocenters. The minimum absolute atomic E-state index is 0.00825. The number of piperidine rings is 2. The largest absolute Gasteiger partial charge is 0.474 e. The zero-order valence-corrected chi connectivity index (χ0v) is 22.3. The van der Waals surface area contributed by atoms with E-state index in [2.05, 4.69) is 4.98 Å². The summed E-state index contributed by atoms with van der Waals surface area (Å²) in [6.07, 6.45) is -7.64. The number of ketones is 1. The Balaban J connectivity index is 1.79. The Morgan fingerprint density at radius 2 is 1.82 bits per heavy atom. The molecule has 4 heterocycles. The number of thiophene rings is 1. The summed E-state index contributed by atoms with van der Waals surface area (Å²) in [5, 5.41) is 1.11. The Hall–Kier alpha value is -3.16. The van der Waals surface area contributed by atoms with Crippen molar-refractivity contribution in [1.82, 2.24) is 14.8 Å². The SMILES string of the molecule is CCC[C@H]1N(C(=O)c2ncccc2C(F)(F)F)CCC[C@@]1(Oc1csc(C(F)(F)F)c1)C(=O)N1CCC(=O)CC1. The Kier molecular flexibility index (Phi) is 8.48. The molecule has 0 saturated carbocycles. The van der Waals surface area contributed by atoms with Crippen LogP contribution >= 0.6 is 11.3 Å². The number of aromatic nitrogens is 1. The number of ether oxygens (including phenoxy) is 1. The molecule has 2 amide bonds. The fraction of sp³-hybridized carbons (Fsp3) is 0.538. The summed E-state index contributed by atoms with van der Waals surface area (Å²) in [5.74, 6) is -1.95. The summed E-state index contributed by atoms with van der Waals surface area (Å²) in [6.45, 7) is 1.86. The summed E-state index contributed by atoms with van der Waals surface area (Å²) in [7, 11) is 0. The quantitative estimate of drug-likeness (QED) is 0.409. The first-order chi connectivity index (χ1) is 18.8. The Morgan fingerprint density at radius 3 is 2.42 bits per heavy atom. The molecule has 0 bridgehead atoms. The fourth-order valence-electron chi connectivity index (χ4n) is 5.30. The van der Waals surface area contributed by atoms with Gasteiger partial charge in [0.15, 0.2) is 0 Å². The van der Waals surface area contributed by atoms with Crippen molar-refractivity contribution in [3.8, 4) is 5.75 Å². The van der Waals surface area contributed by atoms with Crippen LogP contribution in [0.25, 0.3) is 0 Å². The molecular formula is C26H27F6N3O4S. The van der Waals surface area contributed by atoms with E-state index in [1.54, 1.807) is 6.92 Å². The first-order valence-corrected chi connectivity index (χ1v) is 13.6. The predicted octanol–water partition coefficient (Wildman–Crippen LogP) is 5.59. The maximum Gasteiger partial charge on any atom is 0.425 e. The third-order valence-corrected chi connectivity index (χ3v) is 8.08. The minimum atomic E-state index is -4.87. The highest BCUT2D eigenvalue weighted by Gasteiger charge is 2.56. The molecule has 218 valence electrons. The van der Waals surface area contributed by atoms with Crippen LogP contribution in [-0.4, -0.2) is 63.7 Å². The van der Waals surface area contributed by atoms with E-state index in [0.29, 0.717) is 17.8 Å². The zero-order valence-electron chi connectivity index (χ0n) is 21.5. The molecular weight excluding hydrogens is 564 g/mol. The minimum Gasteiger partial charge on any atom is -0.474 e.